The molecule has 2 unspecified atom stereocenters. The lowest BCUT2D eigenvalue weighted by molar-refractivity contribution is -0.137. The summed E-state index contributed by atoms with van der Waals surface area (Å²) in [6, 6.07) is 5.46. The van der Waals surface area contributed by atoms with Gasteiger partial charge >= 0.3 is 5.97 Å². The van der Waals surface area contributed by atoms with Crippen molar-refractivity contribution < 1.29 is 19.4 Å². The molecule has 0 saturated heterocycles. The van der Waals surface area contributed by atoms with Gasteiger partial charge in [0.2, 0.25) is 0 Å². The van der Waals surface area contributed by atoms with Crippen molar-refractivity contribution in [1.82, 2.24) is 5.32 Å². The smallest absolute Gasteiger partial charge is 0.303 e. The third-order valence-electron chi connectivity index (χ3n) is 2.72. The highest BCUT2D eigenvalue weighted by molar-refractivity contribution is 5.66. The first-order valence-corrected chi connectivity index (χ1v) is 5.89. The Morgan fingerprint density at radius 3 is 2.56 bits per heavy atom. The quantitative estimate of drug-likeness (QED) is 0.649. The van der Waals surface area contributed by atoms with Gasteiger partial charge in [-0.15, -0.1) is 0 Å². The van der Waals surface area contributed by atoms with Crippen molar-refractivity contribution in [2.45, 2.75) is 31.9 Å². The van der Waals surface area contributed by atoms with Gasteiger partial charge in [0, 0.05) is 12.5 Å². The number of benzene rings is 1. The molecule has 0 aromatic heterocycles. The van der Waals surface area contributed by atoms with Crippen molar-refractivity contribution in [3.8, 4) is 0 Å². The monoisotopic (exact) mass is 255 g/mol. The number of aliphatic hydroxyl groups is 1. The van der Waals surface area contributed by atoms with Gasteiger partial charge in [-0.05, 0) is 37.6 Å². The van der Waals surface area contributed by atoms with Crippen molar-refractivity contribution >= 4 is 5.97 Å². The minimum Gasteiger partial charge on any atom is -0.481 e. The maximum absolute atomic E-state index is 12.7. The molecule has 100 valence electrons. The van der Waals surface area contributed by atoms with Gasteiger partial charge in [0.25, 0.3) is 0 Å². The van der Waals surface area contributed by atoms with E-state index in [4.69, 9.17) is 5.11 Å². The van der Waals surface area contributed by atoms with Crippen LogP contribution in [0, 0.1) is 5.82 Å². The number of carboxylic acids is 1. The van der Waals surface area contributed by atoms with Crippen LogP contribution < -0.4 is 5.32 Å². The van der Waals surface area contributed by atoms with Crippen molar-refractivity contribution in [2.75, 3.05) is 6.54 Å². The van der Waals surface area contributed by atoms with Gasteiger partial charge in [-0.25, -0.2) is 4.39 Å². The summed E-state index contributed by atoms with van der Waals surface area (Å²) in [6.07, 6.45) is -0.127. The van der Waals surface area contributed by atoms with Crippen LogP contribution in [0.5, 0.6) is 0 Å². The zero-order valence-electron chi connectivity index (χ0n) is 10.3. The Balaban J connectivity index is 2.38. The van der Waals surface area contributed by atoms with E-state index in [1.165, 1.54) is 24.3 Å². The molecule has 1 aromatic carbocycles. The predicted octanol–water partition coefficient (Wildman–Crippen LogP) is 1.70. The first kappa shape index (κ1) is 14.6. The fourth-order valence-electron chi connectivity index (χ4n) is 1.63. The average Bonchev–Trinajstić information content (AvgIpc) is 2.34. The van der Waals surface area contributed by atoms with E-state index in [1.54, 1.807) is 6.92 Å². The average molecular weight is 255 g/mol. The van der Waals surface area contributed by atoms with Crippen molar-refractivity contribution in [3.05, 3.63) is 35.6 Å². The van der Waals surface area contributed by atoms with E-state index >= 15 is 0 Å². The molecule has 2 atom stereocenters. The molecule has 0 bridgehead atoms. The van der Waals surface area contributed by atoms with E-state index < -0.39 is 12.1 Å². The Morgan fingerprint density at radius 2 is 2.00 bits per heavy atom. The Kier molecular flexibility index (Phi) is 5.74. The summed E-state index contributed by atoms with van der Waals surface area (Å²) in [5.41, 5.74) is 0.634. The van der Waals surface area contributed by atoms with Crippen molar-refractivity contribution in [2.24, 2.45) is 0 Å². The second kappa shape index (κ2) is 7.08. The van der Waals surface area contributed by atoms with Gasteiger partial charge in [0.15, 0.2) is 0 Å². The first-order valence-electron chi connectivity index (χ1n) is 5.89. The number of nitrogens with one attached hydrogen (secondary N) is 1. The molecule has 0 aliphatic rings. The first-order chi connectivity index (χ1) is 8.50. The summed E-state index contributed by atoms with van der Waals surface area (Å²) >= 11 is 0. The molecule has 18 heavy (non-hydrogen) atoms. The predicted molar refractivity (Wildman–Crippen MR) is 65.7 cm³/mol. The zero-order valence-corrected chi connectivity index (χ0v) is 10.3. The van der Waals surface area contributed by atoms with Gasteiger partial charge in [-0.2, -0.15) is 0 Å². The van der Waals surface area contributed by atoms with Gasteiger partial charge < -0.3 is 15.5 Å². The van der Waals surface area contributed by atoms with E-state index in [1.807, 2.05) is 0 Å². The molecule has 1 rings (SSSR count). The highest BCUT2D eigenvalue weighted by Crippen LogP contribution is 2.16. The van der Waals surface area contributed by atoms with Crippen LogP contribution in [0.15, 0.2) is 24.3 Å². The van der Waals surface area contributed by atoms with Crippen molar-refractivity contribution in [3.63, 3.8) is 0 Å². The SMILES string of the molecule is CC(NCCCC(=O)O)C(O)c1ccc(F)cc1. The Bertz CT molecular complexity index is 380. The number of hydrogen-bond acceptors (Lipinski definition) is 3. The maximum atomic E-state index is 12.7. The normalized spacial score (nSPS) is 14.2. The lowest BCUT2D eigenvalue weighted by atomic mass is 10.0. The third kappa shape index (κ3) is 4.81. The Morgan fingerprint density at radius 1 is 1.39 bits per heavy atom. The number of carbonyl (C=O) groups is 1. The maximum Gasteiger partial charge on any atom is 0.303 e. The van der Waals surface area contributed by atoms with Crippen molar-refractivity contribution in [1.29, 1.82) is 0 Å². The summed E-state index contributed by atoms with van der Waals surface area (Å²) in [4.78, 5) is 10.3. The summed E-state index contributed by atoms with van der Waals surface area (Å²) in [7, 11) is 0. The molecule has 0 amide bonds. The Labute approximate surface area is 105 Å². The summed E-state index contributed by atoms with van der Waals surface area (Å²) in [5, 5.41) is 21.5. The number of halogens is 1. The van der Waals surface area contributed by atoms with E-state index in [0.717, 1.165) is 0 Å². The van der Waals surface area contributed by atoms with Gasteiger partial charge in [0.05, 0.1) is 6.10 Å². The minimum atomic E-state index is -0.830. The van der Waals surface area contributed by atoms with Crippen LogP contribution in [0.3, 0.4) is 0 Å². The minimum absolute atomic E-state index is 0.104. The van der Waals surface area contributed by atoms with Crippen LogP contribution in [0.2, 0.25) is 0 Å². The van der Waals surface area contributed by atoms with Crippen LogP contribution in [-0.2, 0) is 4.79 Å². The molecule has 0 spiro atoms. The number of rotatable bonds is 7. The van der Waals surface area contributed by atoms with Gasteiger partial charge in [0.1, 0.15) is 5.82 Å². The molecule has 4 nitrogen and oxygen atoms in total. The molecule has 0 heterocycles. The highest BCUT2D eigenvalue weighted by atomic mass is 19.1. The molecule has 3 N–H and O–H groups in total. The number of hydrogen-bond donors (Lipinski definition) is 3. The standard InChI is InChI=1S/C13H18FNO3/c1-9(15-8-2-3-12(16)17)13(18)10-4-6-11(14)7-5-10/h4-7,9,13,15,18H,2-3,8H2,1H3,(H,16,17). The molecule has 5 heteroatoms. The van der Waals surface area contributed by atoms with E-state index in [0.29, 0.717) is 18.5 Å². The lowest BCUT2D eigenvalue weighted by Crippen LogP contribution is -2.33. The summed E-state index contributed by atoms with van der Waals surface area (Å²) < 4.78 is 12.7. The lowest BCUT2D eigenvalue weighted by Gasteiger charge is -2.20. The fraction of sp³-hybridized carbons (Fsp3) is 0.462. The second-order valence-electron chi connectivity index (χ2n) is 4.24. The molecule has 1 aromatic rings. The third-order valence-corrected chi connectivity index (χ3v) is 2.72. The fourth-order valence-corrected chi connectivity index (χ4v) is 1.63. The highest BCUT2D eigenvalue weighted by Gasteiger charge is 2.15. The Hall–Kier alpha value is -1.46. The van der Waals surface area contributed by atoms with Gasteiger partial charge in [-0.1, -0.05) is 12.1 Å². The summed E-state index contributed by atoms with van der Waals surface area (Å²) in [5.74, 6) is -1.17. The molecule has 0 aliphatic carbocycles. The van der Waals surface area contributed by atoms with Crippen LogP contribution in [0.4, 0.5) is 4.39 Å². The molecular weight excluding hydrogens is 237 g/mol. The van der Waals surface area contributed by atoms with E-state index in [-0.39, 0.29) is 18.3 Å². The van der Waals surface area contributed by atoms with Crippen LogP contribution in [0.25, 0.3) is 0 Å². The van der Waals surface area contributed by atoms with E-state index in [2.05, 4.69) is 5.32 Å². The topological polar surface area (TPSA) is 69.6 Å². The largest absolute Gasteiger partial charge is 0.481 e. The molecule has 0 aliphatic heterocycles. The molecule has 0 radical (unpaired) electrons. The van der Waals surface area contributed by atoms with E-state index in [9.17, 15) is 14.3 Å². The van der Waals surface area contributed by atoms with Gasteiger partial charge in [-0.3, -0.25) is 4.79 Å². The molecule has 0 fully saturated rings. The number of aliphatic carboxylic acids is 1. The second-order valence-corrected chi connectivity index (χ2v) is 4.24. The number of aliphatic hydroxyl groups excluding tert-OH is 1. The molecular formula is C13H18FNO3. The summed E-state index contributed by atoms with van der Waals surface area (Å²) in [6.45, 7) is 2.32. The zero-order chi connectivity index (χ0) is 13.5. The molecule has 0 saturated carbocycles. The van der Waals surface area contributed by atoms with Crippen LogP contribution >= 0.6 is 0 Å². The number of carboxylic acid groups (broad SMARTS) is 1. The van der Waals surface area contributed by atoms with Crippen LogP contribution in [-0.4, -0.2) is 28.8 Å². The van der Waals surface area contributed by atoms with Crippen LogP contribution in [0.1, 0.15) is 31.4 Å².